The predicted molar refractivity (Wildman–Crippen MR) is 76.8 cm³/mol. The molecule has 4 atom stereocenters. The van der Waals surface area contributed by atoms with Crippen molar-refractivity contribution in [3.63, 3.8) is 0 Å². The summed E-state index contributed by atoms with van der Waals surface area (Å²) in [4.78, 5) is 27.1. The van der Waals surface area contributed by atoms with Gasteiger partial charge in [-0.3, -0.25) is 14.5 Å². The molecule has 106 valence electrons. The van der Waals surface area contributed by atoms with E-state index in [0.29, 0.717) is 23.8 Å². The summed E-state index contributed by atoms with van der Waals surface area (Å²) >= 11 is 0. The molecular formula is C18H17NO2. The maximum Gasteiger partial charge on any atom is 0.234 e. The Bertz CT molecular complexity index is 640. The van der Waals surface area contributed by atoms with Crippen molar-refractivity contribution in [1.29, 1.82) is 0 Å². The van der Waals surface area contributed by atoms with Gasteiger partial charge in [0.15, 0.2) is 0 Å². The summed E-state index contributed by atoms with van der Waals surface area (Å²) in [5.74, 6) is 0.640. The molecule has 3 fully saturated rings. The van der Waals surface area contributed by atoms with Crippen LogP contribution in [0.2, 0.25) is 0 Å². The first-order chi connectivity index (χ1) is 10.2. The Balaban J connectivity index is 1.48. The average molecular weight is 279 g/mol. The first-order valence-corrected chi connectivity index (χ1v) is 7.80. The van der Waals surface area contributed by atoms with Crippen LogP contribution in [0.5, 0.6) is 0 Å². The van der Waals surface area contributed by atoms with Gasteiger partial charge in [-0.05, 0) is 35.7 Å². The van der Waals surface area contributed by atoms with Gasteiger partial charge < -0.3 is 0 Å². The van der Waals surface area contributed by atoms with E-state index < -0.39 is 0 Å². The van der Waals surface area contributed by atoms with E-state index in [4.69, 9.17) is 0 Å². The normalized spacial score (nSPS) is 37.6. The summed E-state index contributed by atoms with van der Waals surface area (Å²) in [5.41, 5.74) is 1.32. The molecule has 1 aliphatic heterocycles. The van der Waals surface area contributed by atoms with Crippen LogP contribution in [0.15, 0.2) is 42.5 Å². The Labute approximate surface area is 123 Å². The van der Waals surface area contributed by atoms with Crippen LogP contribution < -0.4 is 0 Å². The van der Waals surface area contributed by atoms with Gasteiger partial charge in [-0.1, -0.05) is 42.5 Å². The molecule has 21 heavy (non-hydrogen) atoms. The van der Waals surface area contributed by atoms with Crippen molar-refractivity contribution in [2.75, 3.05) is 0 Å². The van der Waals surface area contributed by atoms with E-state index in [1.54, 1.807) is 0 Å². The fourth-order valence-corrected chi connectivity index (χ4v) is 5.06. The zero-order valence-corrected chi connectivity index (χ0v) is 11.7. The second-order valence-electron chi connectivity index (χ2n) is 6.97. The number of likely N-dealkylation sites (tertiary alicyclic amines) is 1. The molecule has 0 aromatic heterocycles. The predicted octanol–water partition coefficient (Wildman–Crippen LogP) is 2.38. The molecule has 5 rings (SSSR count). The quantitative estimate of drug-likeness (QED) is 0.616. The third-order valence-corrected chi connectivity index (χ3v) is 6.13. The van der Waals surface area contributed by atoms with Crippen LogP contribution in [0.1, 0.15) is 18.4 Å². The molecule has 1 aromatic rings. The van der Waals surface area contributed by atoms with E-state index in [9.17, 15) is 9.59 Å². The van der Waals surface area contributed by atoms with Crippen LogP contribution in [-0.4, -0.2) is 16.7 Å². The van der Waals surface area contributed by atoms with E-state index in [1.165, 1.54) is 17.7 Å². The molecule has 0 unspecified atom stereocenters. The Morgan fingerprint density at radius 2 is 1.52 bits per heavy atom. The average Bonchev–Trinajstić information content (AvgIpc) is 3.11. The molecule has 4 aliphatic rings. The molecule has 2 saturated carbocycles. The third-order valence-electron chi connectivity index (χ3n) is 6.13. The second kappa shape index (κ2) is 3.65. The van der Waals surface area contributed by atoms with Crippen LogP contribution >= 0.6 is 0 Å². The molecule has 0 radical (unpaired) electrons. The minimum absolute atomic E-state index is 0.0666. The molecule has 3 heteroatoms. The molecule has 0 N–H and O–H groups in total. The molecule has 3 nitrogen and oxygen atoms in total. The lowest BCUT2D eigenvalue weighted by atomic mass is 9.85. The standard InChI is InChI=1S/C18H17NO2/c20-16-14-12-6-7-13(18(12)8-9-18)15(14)17(21)19(16)10-11-4-2-1-3-5-11/h1-7,12-15H,8-10H2/t12-,13-,14-,15-/m0/s1. The molecule has 1 saturated heterocycles. The van der Waals surface area contributed by atoms with Gasteiger partial charge in [0.25, 0.3) is 0 Å². The number of carbonyl (C=O) groups is 2. The number of rotatable bonds is 2. The lowest BCUT2D eigenvalue weighted by molar-refractivity contribution is -0.141. The highest BCUT2D eigenvalue weighted by molar-refractivity contribution is 6.06. The van der Waals surface area contributed by atoms with Gasteiger partial charge >= 0.3 is 0 Å². The number of hydrogen-bond donors (Lipinski definition) is 0. The summed E-state index contributed by atoms with van der Waals surface area (Å²) in [5, 5.41) is 0. The minimum atomic E-state index is -0.0706. The number of imide groups is 1. The monoisotopic (exact) mass is 279 g/mol. The second-order valence-corrected chi connectivity index (χ2v) is 6.97. The smallest absolute Gasteiger partial charge is 0.234 e. The van der Waals surface area contributed by atoms with Crippen molar-refractivity contribution < 1.29 is 9.59 Å². The van der Waals surface area contributed by atoms with Crippen molar-refractivity contribution in [1.82, 2.24) is 4.90 Å². The number of carbonyl (C=O) groups excluding carboxylic acids is 2. The van der Waals surface area contributed by atoms with Gasteiger partial charge in [0.05, 0.1) is 18.4 Å². The van der Waals surface area contributed by atoms with E-state index in [0.717, 1.165) is 5.56 Å². The lowest BCUT2D eigenvalue weighted by Crippen LogP contribution is -2.34. The molecule has 2 amide bonds. The third kappa shape index (κ3) is 1.30. The highest BCUT2D eigenvalue weighted by atomic mass is 16.2. The Morgan fingerprint density at radius 1 is 0.952 bits per heavy atom. The number of hydrogen-bond acceptors (Lipinski definition) is 2. The van der Waals surface area contributed by atoms with Gasteiger partial charge in [0.1, 0.15) is 0 Å². The summed E-state index contributed by atoms with van der Waals surface area (Å²) in [7, 11) is 0. The molecule has 1 heterocycles. The SMILES string of the molecule is O=C1[C@@H]2[C@@H](C(=O)N1Cc1ccccc1)[C@@H]1C=C[C@@H]2C12CC2. The highest BCUT2D eigenvalue weighted by Crippen LogP contribution is 2.73. The van der Waals surface area contributed by atoms with E-state index >= 15 is 0 Å². The van der Waals surface area contributed by atoms with Crippen LogP contribution in [0.4, 0.5) is 0 Å². The van der Waals surface area contributed by atoms with Crippen molar-refractivity contribution in [3.05, 3.63) is 48.0 Å². The largest absolute Gasteiger partial charge is 0.278 e. The highest BCUT2D eigenvalue weighted by Gasteiger charge is 2.73. The number of benzene rings is 1. The Kier molecular flexibility index (Phi) is 2.04. The maximum atomic E-state index is 12.8. The topological polar surface area (TPSA) is 37.4 Å². The van der Waals surface area contributed by atoms with Crippen LogP contribution in [0.3, 0.4) is 0 Å². The Hall–Kier alpha value is -1.90. The van der Waals surface area contributed by atoms with Crippen molar-refractivity contribution in [3.8, 4) is 0 Å². The van der Waals surface area contributed by atoms with Crippen molar-refractivity contribution in [2.24, 2.45) is 29.1 Å². The molecule has 3 aliphatic carbocycles. The first-order valence-electron chi connectivity index (χ1n) is 7.80. The molecule has 1 spiro atoms. The number of fused-ring (bicyclic) bond motifs is 3. The van der Waals surface area contributed by atoms with Gasteiger partial charge in [-0.15, -0.1) is 0 Å². The van der Waals surface area contributed by atoms with Gasteiger partial charge in [-0.2, -0.15) is 0 Å². The number of allylic oxidation sites excluding steroid dienone is 2. The number of nitrogens with zero attached hydrogens (tertiary/aromatic N) is 1. The summed E-state index contributed by atoms with van der Waals surface area (Å²) in [6, 6.07) is 9.80. The van der Waals surface area contributed by atoms with Crippen molar-refractivity contribution in [2.45, 2.75) is 19.4 Å². The van der Waals surface area contributed by atoms with E-state index in [-0.39, 0.29) is 23.7 Å². The van der Waals surface area contributed by atoms with Crippen LogP contribution in [0.25, 0.3) is 0 Å². The maximum absolute atomic E-state index is 12.8. The zero-order chi connectivity index (χ0) is 14.2. The Morgan fingerprint density at radius 3 is 2.05 bits per heavy atom. The summed E-state index contributed by atoms with van der Waals surface area (Å²) in [6.45, 7) is 0.429. The molecular weight excluding hydrogens is 262 g/mol. The minimum Gasteiger partial charge on any atom is -0.278 e. The van der Waals surface area contributed by atoms with E-state index in [2.05, 4.69) is 12.2 Å². The van der Waals surface area contributed by atoms with Crippen LogP contribution in [-0.2, 0) is 16.1 Å². The van der Waals surface area contributed by atoms with E-state index in [1.807, 2.05) is 30.3 Å². The van der Waals surface area contributed by atoms with Crippen molar-refractivity contribution >= 4 is 11.8 Å². The molecule has 1 aromatic carbocycles. The number of amides is 2. The summed E-state index contributed by atoms with van der Waals surface area (Å²) in [6.07, 6.45) is 6.83. The zero-order valence-electron chi connectivity index (χ0n) is 11.7. The fourth-order valence-electron chi connectivity index (χ4n) is 5.06. The fraction of sp³-hybridized carbons (Fsp3) is 0.444. The first kappa shape index (κ1) is 11.7. The molecule has 2 bridgehead atoms. The van der Waals surface area contributed by atoms with Gasteiger partial charge in [0, 0.05) is 0 Å². The van der Waals surface area contributed by atoms with Gasteiger partial charge in [0.2, 0.25) is 11.8 Å². The van der Waals surface area contributed by atoms with Gasteiger partial charge in [-0.25, -0.2) is 0 Å². The lowest BCUT2D eigenvalue weighted by Gasteiger charge is -2.21. The van der Waals surface area contributed by atoms with Crippen LogP contribution in [0, 0.1) is 29.1 Å². The summed E-state index contributed by atoms with van der Waals surface area (Å²) < 4.78 is 0.